The Bertz CT molecular complexity index is 662. The Morgan fingerprint density at radius 2 is 2.11 bits per heavy atom. The van der Waals surface area contributed by atoms with Gasteiger partial charge in [-0.3, -0.25) is 9.48 Å². The molecule has 28 heavy (non-hydrogen) atoms. The Kier molecular flexibility index (Phi) is 7.65. The van der Waals surface area contributed by atoms with E-state index >= 15 is 0 Å². The first-order valence-corrected chi connectivity index (χ1v) is 10.7. The lowest BCUT2D eigenvalue weighted by atomic mass is 9.91. The van der Waals surface area contributed by atoms with Crippen molar-refractivity contribution in [2.45, 2.75) is 45.7 Å². The number of carbonyl (C=O) groups excluding carboxylic acids is 1. The average molecular weight is 390 g/mol. The SMILES string of the molecule is C=CCn1nc(C(=O)N2CCOCC2)c2c1CCC(NCCN(CC)CC)C2. The van der Waals surface area contributed by atoms with Crippen molar-refractivity contribution >= 4 is 5.91 Å². The Hall–Kier alpha value is -1.70. The molecule has 1 amide bonds. The quantitative estimate of drug-likeness (QED) is 0.646. The normalized spacial score (nSPS) is 19.7. The van der Waals surface area contributed by atoms with Gasteiger partial charge in [0.15, 0.2) is 5.69 Å². The lowest BCUT2D eigenvalue weighted by Gasteiger charge is -2.28. The predicted molar refractivity (Wildman–Crippen MR) is 111 cm³/mol. The number of carbonyl (C=O) groups is 1. The molecule has 0 bridgehead atoms. The molecular weight excluding hydrogens is 354 g/mol. The van der Waals surface area contributed by atoms with E-state index in [0.717, 1.165) is 51.0 Å². The van der Waals surface area contributed by atoms with Gasteiger partial charge in [0.1, 0.15) is 0 Å². The third kappa shape index (κ3) is 4.82. The number of nitrogens with zero attached hydrogens (tertiary/aromatic N) is 4. The van der Waals surface area contributed by atoms with Crippen LogP contribution in [0.15, 0.2) is 12.7 Å². The van der Waals surface area contributed by atoms with E-state index in [1.54, 1.807) is 0 Å². The van der Waals surface area contributed by atoms with E-state index in [4.69, 9.17) is 9.84 Å². The first-order valence-electron chi connectivity index (χ1n) is 10.7. The third-order valence-corrected chi connectivity index (χ3v) is 5.90. The highest BCUT2D eigenvalue weighted by Crippen LogP contribution is 2.26. The maximum absolute atomic E-state index is 13.1. The molecule has 2 heterocycles. The number of ether oxygens (including phenoxy) is 1. The number of amides is 1. The van der Waals surface area contributed by atoms with Crippen LogP contribution < -0.4 is 5.32 Å². The van der Waals surface area contributed by atoms with E-state index in [9.17, 15) is 4.79 Å². The van der Waals surface area contributed by atoms with Gasteiger partial charge in [0.2, 0.25) is 0 Å². The molecule has 2 aliphatic rings. The standard InChI is InChI=1S/C21H35N5O2/c1-4-10-26-19-8-7-17(22-9-11-24(5-2)6-3)16-18(19)20(23-26)21(27)25-12-14-28-15-13-25/h4,17,22H,1,5-16H2,2-3H3. The molecule has 0 radical (unpaired) electrons. The molecule has 3 rings (SSSR count). The average Bonchev–Trinajstić information content (AvgIpc) is 3.09. The number of morpholine rings is 1. The number of hydrogen-bond donors (Lipinski definition) is 1. The Balaban J connectivity index is 1.71. The summed E-state index contributed by atoms with van der Waals surface area (Å²) >= 11 is 0. The van der Waals surface area contributed by atoms with E-state index in [1.807, 2.05) is 15.7 Å². The third-order valence-electron chi connectivity index (χ3n) is 5.90. The zero-order chi connectivity index (χ0) is 19.9. The summed E-state index contributed by atoms with van der Waals surface area (Å²) in [6, 6.07) is 0.403. The molecule has 1 saturated heterocycles. The molecule has 7 nitrogen and oxygen atoms in total. The van der Waals surface area contributed by atoms with Crippen LogP contribution in [0.5, 0.6) is 0 Å². The highest BCUT2D eigenvalue weighted by molar-refractivity contribution is 5.94. The molecule has 0 saturated carbocycles. The minimum Gasteiger partial charge on any atom is -0.378 e. The van der Waals surface area contributed by atoms with Crippen LogP contribution >= 0.6 is 0 Å². The summed E-state index contributed by atoms with van der Waals surface area (Å²) < 4.78 is 7.37. The van der Waals surface area contributed by atoms with Crippen LogP contribution in [0, 0.1) is 0 Å². The summed E-state index contributed by atoms with van der Waals surface area (Å²) in [6.07, 6.45) is 4.76. The number of nitrogens with one attached hydrogen (secondary N) is 1. The zero-order valence-corrected chi connectivity index (χ0v) is 17.5. The van der Waals surface area contributed by atoms with Gasteiger partial charge in [0.25, 0.3) is 5.91 Å². The van der Waals surface area contributed by atoms with Crippen LogP contribution in [0.2, 0.25) is 0 Å². The van der Waals surface area contributed by atoms with Crippen molar-refractivity contribution in [3.63, 3.8) is 0 Å². The first kappa shape index (κ1) is 21.0. The molecule has 0 aromatic carbocycles. The van der Waals surface area contributed by atoms with Gasteiger partial charge in [-0.2, -0.15) is 5.10 Å². The summed E-state index contributed by atoms with van der Waals surface area (Å²) in [5, 5.41) is 8.41. The molecule has 1 aromatic rings. The lowest BCUT2D eigenvalue weighted by molar-refractivity contribution is 0.0297. The Morgan fingerprint density at radius 3 is 2.79 bits per heavy atom. The summed E-state index contributed by atoms with van der Waals surface area (Å²) in [6.45, 7) is 15.6. The predicted octanol–water partition coefficient (Wildman–Crippen LogP) is 1.33. The summed E-state index contributed by atoms with van der Waals surface area (Å²) in [7, 11) is 0. The van der Waals surface area contributed by atoms with Gasteiger partial charge in [-0.15, -0.1) is 6.58 Å². The van der Waals surface area contributed by atoms with E-state index < -0.39 is 0 Å². The number of fused-ring (bicyclic) bond motifs is 1. The van der Waals surface area contributed by atoms with Crippen LogP contribution in [-0.2, 0) is 24.1 Å². The molecular formula is C21H35N5O2. The number of aromatic nitrogens is 2. The van der Waals surface area contributed by atoms with Crippen LogP contribution in [0.1, 0.15) is 42.0 Å². The monoisotopic (exact) mass is 389 g/mol. The van der Waals surface area contributed by atoms with E-state index in [-0.39, 0.29) is 5.91 Å². The minimum atomic E-state index is 0.0474. The number of allylic oxidation sites excluding steroid dienone is 1. The molecule has 1 aliphatic heterocycles. The smallest absolute Gasteiger partial charge is 0.274 e. The fourth-order valence-electron chi connectivity index (χ4n) is 4.19. The molecule has 1 N–H and O–H groups in total. The molecule has 0 spiro atoms. The number of likely N-dealkylation sites (N-methyl/N-ethyl adjacent to an activating group) is 1. The minimum absolute atomic E-state index is 0.0474. The van der Waals surface area contributed by atoms with Gasteiger partial charge in [0.05, 0.1) is 19.8 Å². The van der Waals surface area contributed by atoms with Crippen LogP contribution in [-0.4, -0.2) is 84.0 Å². The number of hydrogen-bond acceptors (Lipinski definition) is 5. The van der Waals surface area contributed by atoms with Crippen LogP contribution in [0.4, 0.5) is 0 Å². The number of rotatable bonds is 9. The summed E-state index contributed by atoms with van der Waals surface area (Å²) in [5.74, 6) is 0.0474. The largest absolute Gasteiger partial charge is 0.378 e. The highest BCUT2D eigenvalue weighted by atomic mass is 16.5. The van der Waals surface area contributed by atoms with Gasteiger partial charge in [-0.1, -0.05) is 19.9 Å². The van der Waals surface area contributed by atoms with Gasteiger partial charge < -0.3 is 19.9 Å². The molecule has 1 atom stereocenters. The fraction of sp³-hybridized carbons (Fsp3) is 0.714. The maximum Gasteiger partial charge on any atom is 0.274 e. The zero-order valence-electron chi connectivity index (χ0n) is 17.5. The van der Waals surface area contributed by atoms with E-state index in [1.165, 1.54) is 5.69 Å². The van der Waals surface area contributed by atoms with Crippen molar-refractivity contribution in [2.75, 3.05) is 52.5 Å². The Morgan fingerprint density at radius 1 is 1.36 bits per heavy atom. The van der Waals surface area contributed by atoms with Crippen molar-refractivity contribution < 1.29 is 9.53 Å². The van der Waals surface area contributed by atoms with Gasteiger partial charge >= 0.3 is 0 Å². The second-order valence-electron chi connectivity index (χ2n) is 7.57. The lowest BCUT2D eigenvalue weighted by Crippen LogP contribution is -2.42. The van der Waals surface area contributed by atoms with Gasteiger partial charge in [0, 0.05) is 43.5 Å². The second-order valence-corrected chi connectivity index (χ2v) is 7.57. The molecule has 156 valence electrons. The highest BCUT2D eigenvalue weighted by Gasteiger charge is 2.31. The van der Waals surface area contributed by atoms with Crippen molar-refractivity contribution in [1.82, 2.24) is 24.9 Å². The van der Waals surface area contributed by atoms with Crippen molar-refractivity contribution in [1.29, 1.82) is 0 Å². The second kappa shape index (κ2) is 10.2. The summed E-state index contributed by atoms with van der Waals surface area (Å²) in [5.41, 5.74) is 2.97. The molecule has 7 heteroatoms. The Labute approximate surface area is 168 Å². The van der Waals surface area contributed by atoms with Crippen molar-refractivity contribution in [2.24, 2.45) is 0 Å². The molecule has 1 aliphatic carbocycles. The van der Waals surface area contributed by atoms with Crippen molar-refractivity contribution in [3.8, 4) is 0 Å². The van der Waals surface area contributed by atoms with Crippen LogP contribution in [0.25, 0.3) is 0 Å². The first-order chi connectivity index (χ1) is 13.7. The van der Waals surface area contributed by atoms with Crippen LogP contribution in [0.3, 0.4) is 0 Å². The summed E-state index contributed by atoms with van der Waals surface area (Å²) in [4.78, 5) is 17.4. The van der Waals surface area contributed by atoms with E-state index in [2.05, 4.69) is 30.6 Å². The van der Waals surface area contributed by atoms with Gasteiger partial charge in [-0.25, -0.2) is 0 Å². The van der Waals surface area contributed by atoms with Crippen molar-refractivity contribution in [3.05, 3.63) is 29.6 Å². The topological polar surface area (TPSA) is 62.6 Å². The fourth-order valence-corrected chi connectivity index (χ4v) is 4.19. The van der Waals surface area contributed by atoms with Gasteiger partial charge in [-0.05, 0) is 32.4 Å². The molecule has 1 fully saturated rings. The maximum atomic E-state index is 13.1. The molecule has 1 unspecified atom stereocenters. The van der Waals surface area contributed by atoms with E-state index in [0.29, 0.717) is 44.6 Å². The molecule has 1 aromatic heterocycles.